The standard InChI is InChI=1S/C12H21N3O/c1-3-8-15(4-2)12(16)11-14-9-5-6-13-7-10-14/h1,13H,4-11H2,2H3. The second-order valence-electron chi connectivity index (χ2n) is 3.99. The number of likely N-dealkylation sites (N-methyl/N-ethyl adjacent to an activating group) is 1. The molecule has 4 heteroatoms. The Morgan fingerprint density at radius 1 is 1.50 bits per heavy atom. The van der Waals surface area contributed by atoms with Gasteiger partial charge in [-0.25, -0.2) is 0 Å². The van der Waals surface area contributed by atoms with Crippen LogP contribution in [0, 0.1) is 12.3 Å². The molecule has 1 saturated heterocycles. The van der Waals surface area contributed by atoms with Crippen molar-refractivity contribution < 1.29 is 4.79 Å². The summed E-state index contributed by atoms with van der Waals surface area (Å²) in [5.74, 6) is 2.66. The van der Waals surface area contributed by atoms with Crippen molar-refractivity contribution in [3.8, 4) is 12.3 Å². The molecule has 1 heterocycles. The van der Waals surface area contributed by atoms with E-state index in [0.717, 1.165) is 32.6 Å². The zero-order valence-electron chi connectivity index (χ0n) is 10.0. The molecule has 0 unspecified atom stereocenters. The van der Waals surface area contributed by atoms with Crippen molar-refractivity contribution in [1.29, 1.82) is 0 Å². The highest BCUT2D eigenvalue weighted by Crippen LogP contribution is 1.98. The van der Waals surface area contributed by atoms with Crippen LogP contribution in [0.4, 0.5) is 0 Å². The van der Waals surface area contributed by atoms with E-state index in [0.29, 0.717) is 19.6 Å². The first-order valence-corrected chi connectivity index (χ1v) is 5.92. The molecule has 0 atom stereocenters. The molecule has 1 aliphatic rings. The molecular formula is C12H21N3O. The molecule has 1 N–H and O–H groups in total. The van der Waals surface area contributed by atoms with Gasteiger partial charge in [0.25, 0.3) is 0 Å². The van der Waals surface area contributed by atoms with Gasteiger partial charge in [0.05, 0.1) is 13.1 Å². The largest absolute Gasteiger partial charge is 0.331 e. The molecule has 90 valence electrons. The fourth-order valence-electron chi connectivity index (χ4n) is 1.84. The van der Waals surface area contributed by atoms with Gasteiger partial charge in [-0.15, -0.1) is 6.42 Å². The molecular weight excluding hydrogens is 202 g/mol. The van der Waals surface area contributed by atoms with Crippen molar-refractivity contribution in [1.82, 2.24) is 15.1 Å². The van der Waals surface area contributed by atoms with Gasteiger partial charge in [-0.1, -0.05) is 5.92 Å². The van der Waals surface area contributed by atoms with Gasteiger partial charge in [-0.3, -0.25) is 9.69 Å². The minimum atomic E-state index is 0.141. The van der Waals surface area contributed by atoms with Crippen LogP contribution in [-0.4, -0.2) is 61.5 Å². The van der Waals surface area contributed by atoms with E-state index < -0.39 is 0 Å². The highest BCUT2D eigenvalue weighted by atomic mass is 16.2. The van der Waals surface area contributed by atoms with Crippen LogP contribution in [0.1, 0.15) is 13.3 Å². The Balaban J connectivity index is 2.39. The second-order valence-corrected chi connectivity index (χ2v) is 3.99. The summed E-state index contributed by atoms with van der Waals surface area (Å²) in [6.45, 7) is 7.51. The van der Waals surface area contributed by atoms with Gasteiger partial charge < -0.3 is 10.2 Å². The molecule has 0 radical (unpaired) electrons. The monoisotopic (exact) mass is 223 g/mol. The van der Waals surface area contributed by atoms with E-state index in [-0.39, 0.29) is 5.91 Å². The molecule has 0 bridgehead atoms. The first kappa shape index (κ1) is 13.0. The number of terminal acetylenes is 1. The first-order valence-electron chi connectivity index (χ1n) is 5.92. The Kier molecular flexibility index (Phi) is 5.91. The maximum absolute atomic E-state index is 11.9. The number of amides is 1. The summed E-state index contributed by atoms with van der Waals surface area (Å²) >= 11 is 0. The Bertz CT molecular complexity index is 251. The summed E-state index contributed by atoms with van der Waals surface area (Å²) < 4.78 is 0. The fourth-order valence-corrected chi connectivity index (χ4v) is 1.84. The molecule has 0 aliphatic carbocycles. The molecule has 0 aromatic carbocycles. The van der Waals surface area contributed by atoms with Gasteiger partial charge in [0.15, 0.2) is 0 Å². The average molecular weight is 223 g/mol. The van der Waals surface area contributed by atoms with E-state index >= 15 is 0 Å². The lowest BCUT2D eigenvalue weighted by Crippen LogP contribution is -2.41. The molecule has 0 spiro atoms. The van der Waals surface area contributed by atoms with Gasteiger partial charge in [-0.05, 0) is 26.4 Å². The summed E-state index contributed by atoms with van der Waals surface area (Å²) in [7, 11) is 0. The zero-order valence-corrected chi connectivity index (χ0v) is 10.0. The van der Waals surface area contributed by atoms with Crippen LogP contribution in [0.5, 0.6) is 0 Å². The predicted molar refractivity (Wildman–Crippen MR) is 65.0 cm³/mol. The van der Waals surface area contributed by atoms with E-state index in [1.54, 1.807) is 4.90 Å². The molecule has 0 saturated carbocycles. The van der Waals surface area contributed by atoms with Crippen molar-refractivity contribution in [2.24, 2.45) is 0 Å². The predicted octanol–water partition coefficient (Wildman–Crippen LogP) is -0.237. The topological polar surface area (TPSA) is 35.6 Å². The third kappa shape index (κ3) is 4.21. The van der Waals surface area contributed by atoms with Crippen LogP contribution in [0.3, 0.4) is 0 Å². The van der Waals surface area contributed by atoms with Crippen LogP contribution >= 0.6 is 0 Å². The van der Waals surface area contributed by atoms with Crippen LogP contribution in [0.15, 0.2) is 0 Å². The molecule has 1 amide bonds. The van der Waals surface area contributed by atoms with E-state index in [2.05, 4.69) is 16.1 Å². The van der Waals surface area contributed by atoms with Gasteiger partial charge in [-0.2, -0.15) is 0 Å². The second kappa shape index (κ2) is 7.26. The number of nitrogens with zero attached hydrogens (tertiary/aromatic N) is 2. The van der Waals surface area contributed by atoms with E-state index in [9.17, 15) is 4.79 Å². The normalized spacial score (nSPS) is 17.5. The SMILES string of the molecule is C#CCN(CC)C(=O)CN1CCCNCC1. The van der Waals surface area contributed by atoms with Crippen LogP contribution in [0.25, 0.3) is 0 Å². The van der Waals surface area contributed by atoms with Crippen molar-refractivity contribution in [3.63, 3.8) is 0 Å². The molecule has 0 aromatic rings. The van der Waals surface area contributed by atoms with Crippen molar-refractivity contribution >= 4 is 5.91 Å². The lowest BCUT2D eigenvalue weighted by Gasteiger charge is -2.24. The third-order valence-electron chi connectivity index (χ3n) is 2.81. The van der Waals surface area contributed by atoms with E-state index in [4.69, 9.17) is 6.42 Å². The highest BCUT2D eigenvalue weighted by molar-refractivity contribution is 5.78. The molecule has 16 heavy (non-hydrogen) atoms. The van der Waals surface area contributed by atoms with Gasteiger partial charge >= 0.3 is 0 Å². The maximum atomic E-state index is 11.9. The van der Waals surface area contributed by atoms with Crippen molar-refractivity contribution in [3.05, 3.63) is 0 Å². The molecule has 4 nitrogen and oxygen atoms in total. The van der Waals surface area contributed by atoms with Crippen LogP contribution in [-0.2, 0) is 4.79 Å². The summed E-state index contributed by atoms with van der Waals surface area (Å²) in [4.78, 5) is 15.8. The summed E-state index contributed by atoms with van der Waals surface area (Å²) in [6, 6.07) is 0. The Labute approximate surface area is 98.0 Å². The highest BCUT2D eigenvalue weighted by Gasteiger charge is 2.16. The molecule has 0 aromatic heterocycles. The van der Waals surface area contributed by atoms with Gasteiger partial charge in [0.2, 0.25) is 5.91 Å². The average Bonchev–Trinajstić information content (AvgIpc) is 2.54. The Morgan fingerprint density at radius 3 is 3.00 bits per heavy atom. The summed E-state index contributed by atoms with van der Waals surface area (Å²) in [6.07, 6.45) is 6.34. The quantitative estimate of drug-likeness (QED) is 0.668. The fraction of sp³-hybridized carbons (Fsp3) is 0.750. The third-order valence-corrected chi connectivity index (χ3v) is 2.81. The molecule has 1 aliphatic heterocycles. The van der Waals surface area contributed by atoms with Crippen LogP contribution < -0.4 is 5.32 Å². The minimum Gasteiger partial charge on any atom is -0.331 e. The number of rotatable bonds is 4. The summed E-state index contributed by atoms with van der Waals surface area (Å²) in [5, 5.41) is 3.32. The number of carbonyl (C=O) groups excluding carboxylic acids is 1. The van der Waals surface area contributed by atoms with Gasteiger partial charge in [0, 0.05) is 19.6 Å². The summed E-state index contributed by atoms with van der Waals surface area (Å²) in [5.41, 5.74) is 0. The lowest BCUT2D eigenvalue weighted by atomic mass is 10.3. The van der Waals surface area contributed by atoms with Crippen molar-refractivity contribution in [2.75, 3.05) is 45.8 Å². The first-order chi connectivity index (χ1) is 7.77. The zero-order chi connectivity index (χ0) is 11.8. The minimum absolute atomic E-state index is 0.141. The van der Waals surface area contributed by atoms with Crippen LogP contribution in [0.2, 0.25) is 0 Å². The lowest BCUT2D eigenvalue weighted by molar-refractivity contribution is -0.131. The molecule has 1 fully saturated rings. The molecule has 1 rings (SSSR count). The van der Waals surface area contributed by atoms with Crippen molar-refractivity contribution in [2.45, 2.75) is 13.3 Å². The number of hydrogen-bond donors (Lipinski definition) is 1. The maximum Gasteiger partial charge on any atom is 0.237 e. The number of carbonyl (C=O) groups is 1. The van der Waals surface area contributed by atoms with E-state index in [1.165, 1.54) is 0 Å². The Hall–Kier alpha value is -1.05. The van der Waals surface area contributed by atoms with Gasteiger partial charge in [0.1, 0.15) is 0 Å². The number of nitrogens with one attached hydrogen (secondary N) is 1. The smallest absolute Gasteiger partial charge is 0.237 e. The Morgan fingerprint density at radius 2 is 2.31 bits per heavy atom. The number of hydrogen-bond acceptors (Lipinski definition) is 3. The van der Waals surface area contributed by atoms with E-state index in [1.807, 2.05) is 6.92 Å².